The van der Waals surface area contributed by atoms with E-state index in [2.05, 4.69) is 41.8 Å². The molecule has 2 saturated heterocycles. The van der Waals surface area contributed by atoms with Gasteiger partial charge in [-0.2, -0.15) is 0 Å². The van der Waals surface area contributed by atoms with Gasteiger partial charge < -0.3 is 4.74 Å². The summed E-state index contributed by atoms with van der Waals surface area (Å²) in [6.45, 7) is 9.34. The number of aryl methyl sites for hydroxylation is 1. The molecule has 0 saturated carbocycles. The average Bonchev–Trinajstić information content (AvgIpc) is 2.91. The van der Waals surface area contributed by atoms with E-state index in [-0.39, 0.29) is 0 Å². The Labute approximate surface area is 122 Å². The summed E-state index contributed by atoms with van der Waals surface area (Å²) in [6, 6.07) is 8.03. The van der Waals surface area contributed by atoms with Gasteiger partial charge in [0.05, 0.1) is 7.11 Å². The molecule has 20 heavy (non-hydrogen) atoms. The Balaban J connectivity index is 1.69. The van der Waals surface area contributed by atoms with Crippen molar-refractivity contribution in [2.45, 2.75) is 45.3 Å². The van der Waals surface area contributed by atoms with Gasteiger partial charge in [0.15, 0.2) is 0 Å². The van der Waals surface area contributed by atoms with E-state index >= 15 is 0 Å². The van der Waals surface area contributed by atoms with Crippen molar-refractivity contribution in [2.24, 2.45) is 0 Å². The summed E-state index contributed by atoms with van der Waals surface area (Å²) >= 11 is 0. The number of hydrogen-bond acceptors (Lipinski definition) is 3. The van der Waals surface area contributed by atoms with Crippen molar-refractivity contribution < 1.29 is 4.74 Å². The fourth-order valence-electron chi connectivity index (χ4n) is 3.88. The monoisotopic (exact) mass is 274 g/mol. The van der Waals surface area contributed by atoms with Gasteiger partial charge in [-0.15, -0.1) is 0 Å². The number of rotatable bonds is 3. The van der Waals surface area contributed by atoms with Crippen LogP contribution in [0.4, 0.5) is 0 Å². The molecule has 0 amide bonds. The van der Waals surface area contributed by atoms with Crippen molar-refractivity contribution >= 4 is 0 Å². The lowest BCUT2D eigenvalue weighted by Gasteiger charge is -2.43. The Hall–Kier alpha value is -1.06. The number of nitrogens with zero attached hydrogens (tertiary/aromatic N) is 2. The standard InChI is InChI=1S/C17H26N2O/c1-13-11-15(6-7-17(13)20-3)12-19-10-9-18-8-4-5-16(18)14(19)2/h6-7,11,14,16H,4-5,8-10,12H2,1-3H3/t14-,16+/m1/s1. The highest BCUT2D eigenvalue weighted by Gasteiger charge is 2.36. The highest BCUT2D eigenvalue weighted by atomic mass is 16.5. The Kier molecular flexibility index (Phi) is 3.99. The minimum absolute atomic E-state index is 0.675. The predicted octanol–water partition coefficient (Wildman–Crippen LogP) is 2.67. The molecule has 2 aliphatic rings. The average molecular weight is 274 g/mol. The number of methoxy groups -OCH3 is 1. The smallest absolute Gasteiger partial charge is 0.121 e. The Morgan fingerprint density at radius 2 is 2.10 bits per heavy atom. The lowest BCUT2D eigenvalue weighted by atomic mass is 10.0. The first kappa shape index (κ1) is 13.9. The zero-order valence-electron chi connectivity index (χ0n) is 12.9. The van der Waals surface area contributed by atoms with Crippen molar-refractivity contribution in [3.05, 3.63) is 29.3 Å². The zero-order chi connectivity index (χ0) is 14.1. The van der Waals surface area contributed by atoms with E-state index in [1.54, 1.807) is 7.11 Å². The van der Waals surface area contributed by atoms with Crippen molar-refractivity contribution in [3.8, 4) is 5.75 Å². The third-order valence-electron chi connectivity index (χ3n) is 5.07. The van der Waals surface area contributed by atoms with Crippen LogP contribution in [-0.4, -0.2) is 48.6 Å². The van der Waals surface area contributed by atoms with Crippen LogP contribution in [0.1, 0.15) is 30.9 Å². The summed E-state index contributed by atoms with van der Waals surface area (Å²) in [5.74, 6) is 0.988. The van der Waals surface area contributed by atoms with E-state index in [0.717, 1.165) is 18.3 Å². The topological polar surface area (TPSA) is 15.7 Å². The first-order valence-electron chi connectivity index (χ1n) is 7.80. The SMILES string of the molecule is COc1ccc(CN2CCN3CCC[C@H]3[C@H]2C)cc1C. The van der Waals surface area contributed by atoms with Crippen molar-refractivity contribution in [3.63, 3.8) is 0 Å². The van der Waals surface area contributed by atoms with Crippen molar-refractivity contribution in [2.75, 3.05) is 26.7 Å². The van der Waals surface area contributed by atoms with E-state index in [1.807, 2.05) is 0 Å². The maximum Gasteiger partial charge on any atom is 0.121 e. The number of piperazine rings is 1. The van der Waals surface area contributed by atoms with Crippen LogP contribution in [0.3, 0.4) is 0 Å². The number of fused-ring (bicyclic) bond motifs is 1. The van der Waals surface area contributed by atoms with Crippen LogP contribution < -0.4 is 4.74 Å². The van der Waals surface area contributed by atoms with Gasteiger partial charge >= 0.3 is 0 Å². The van der Waals surface area contributed by atoms with Crippen LogP contribution in [0.2, 0.25) is 0 Å². The first-order valence-corrected chi connectivity index (χ1v) is 7.80. The molecule has 2 atom stereocenters. The quantitative estimate of drug-likeness (QED) is 0.843. The summed E-state index contributed by atoms with van der Waals surface area (Å²) in [5.41, 5.74) is 2.64. The number of hydrogen-bond donors (Lipinski definition) is 0. The fraction of sp³-hybridized carbons (Fsp3) is 0.647. The third kappa shape index (κ3) is 2.57. The molecule has 0 spiro atoms. The van der Waals surface area contributed by atoms with E-state index in [0.29, 0.717) is 6.04 Å². The molecule has 0 unspecified atom stereocenters. The van der Waals surface area contributed by atoms with Crippen molar-refractivity contribution in [1.29, 1.82) is 0 Å². The highest BCUT2D eigenvalue weighted by Crippen LogP contribution is 2.28. The molecule has 2 aliphatic heterocycles. The molecule has 0 radical (unpaired) electrons. The zero-order valence-corrected chi connectivity index (χ0v) is 12.9. The van der Waals surface area contributed by atoms with Crippen LogP contribution in [0.25, 0.3) is 0 Å². The maximum atomic E-state index is 5.35. The van der Waals surface area contributed by atoms with Crippen LogP contribution in [0, 0.1) is 6.92 Å². The molecular formula is C17H26N2O. The van der Waals surface area contributed by atoms with Gasteiger partial charge in [0.25, 0.3) is 0 Å². The van der Waals surface area contributed by atoms with Gasteiger partial charge in [0.1, 0.15) is 5.75 Å². The Bertz CT molecular complexity index is 474. The lowest BCUT2D eigenvalue weighted by molar-refractivity contribution is 0.0470. The van der Waals surface area contributed by atoms with E-state index in [1.165, 1.54) is 43.6 Å². The summed E-state index contributed by atoms with van der Waals surface area (Å²) < 4.78 is 5.35. The molecule has 3 heteroatoms. The molecule has 0 N–H and O–H groups in total. The second kappa shape index (κ2) is 5.74. The van der Waals surface area contributed by atoms with Gasteiger partial charge in [0, 0.05) is 31.7 Å². The first-order chi connectivity index (χ1) is 9.69. The molecule has 2 fully saturated rings. The minimum atomic E-state index is 0.675. The van der Waals surface area contributed by atoms with Crippen molar-refractivity contribution in [1.82, 2.24) is 9.80 Å². The third-order valence-corrected chi connectivity index (χ3v) is 5.07. The summed E-state index contributed by atoms with van der Waals surface area (Å²) in [7, 11) is 1.74. The molecule has 3 nitrogen and oxygen atoms in total. The van der Waals surface area contributed by atoms with Crippen LogP contribution in [-0.2, 0) is 6.54 Å². The normalized spacial score (nSPS) is 27.6. The van der Waals surface area contributed by atoms with Crippen LogP contribution >= 0.6 is 0 Å². The van der Waals surface area contributed by atoms with Crippen LogP contribution in [0.15, 0.2) is 18.2 Å². The Morgan fingerprint density at radius 3 is 2.85 bits per heavy atom. The van der Waals surface area contributed by atoms with Gasteiger partial charge in [0.2, 0.25) is 0 Å². The molecule has 110 valence electrons. The molecule has 0 aromatic heterocycles. The molecule has 3 rings (SSSR count). The molecule has 1 aromatic carbocycles. The summed E-state index contributed by atoms with van der Waals surface area (Å²) in [6.07, 6.45) is 2.75. The summed E-state index contributed by atoms with van der Waals surface area (Å²) in [4.78, 5) is 5.33. The second-order valence-corrected chi connectivity index (χ2v) is 6.26. The van der Waals surface area contributed by atoms with Gasteiger partial charge in [-0.25, -0.2) is 0 Å². The molecule has 0 aliphatic carbocycles. The van der Waals surface area contributed by atoms with E-state index < -0.39 is 0 Å². The number of benzene rings is 1. The maximum absolute atomic E-state index is 5.35. The summed E-state index contributed by atoms with van der Waals surface area (Å²) in [5, 5.41) is 0. The Morgan fingerprint density at radius 1 is 1.25 bits per heavy atom. The second-order valence-electron chi connectivity index (χ2n) is 6.26. The highest BCUT2D eigenvalue weighted by molar-refractivity contribution is 5.36. The molecule has 1 aromatic rings. The van der Waals surface area contributed by atoms with Gasteiger partial charge in [-0.3, -0.25) is 9.80 Å². The largest absolute Gasteiger partial charge is 0.496 e. The van der Waals surface area contributed by atoms with E-state index in [9.17, 15) is 0 Å². The fourth-order valence-corrected chi connectivity index (χ4v) is 3.88. The predicted molar refractivity (Wildman–Crippen MR) is 82.2 cm³/mol. The lowest BCUT2D eigenvalue weighted by Crippen LogP contribution is -2.55. The molecule has 0 bridgehead atoms. The molecule has 2 heterocycles. The van der Waals surface area contributed by atoms with Gasteiger partial charge in [-0.05, 0) is 50.4 Å². The molecular weight excluding hydrogens is 248 g/mol. The van der Waals surface area contributed by atoms with Gasteiger partial charge in [-0.1, -0.05) is 12.1 Å². The van der Waals surface area contributed by atoms with E-state index in [4.69, 9.17) is 4.74 Å². The van der Waals surface area contributed by atoms with Crippen LogP contribution in [0.5, 0.6) is 5.75 Å². The number of ether oxygens (including phenoxy) is 1. The minimum Gasteiger partial charge on any atom is -0.496 e.